The van der Waals surface area contributed by atoms with Gasteiger partial charge in [-0.2, -0.15) is 0 Å². The van der Waals surface area contributed by atoms with Crippen LogP contribution < -0.4 is 0 Å². The lowest BCUT2D eigenvalue weighted by Gasteiger charge is -2.56. The minimum atomic E-state index is -1.17. The van der Waals surface area contributed by atoms with E-state index in [0.717, 1.165) is 6.54 Å². The number of carbonyl (C=O) groups excluding carboxylic acids is 1. The number of fused-ring (bicyclic) bond motifs is 3. The Morgan fingerprint density at radius 3 is 1.96 bits per heavy atom. The van der Waals surface area contributed by atoms with Crippen LogP contribution in [0.4, 0.5) is 0 Å². The standard InChI is InChI=1S/C22H41NO2Si/c1-19(2,3)17(25-26(7)8)16-15-23(18(24)20(16,4)5)22-12-9-21(6,10-13-22)11-14-22/h16-17,26H,9-15H2,1-8H3. The van der Waals surface area contributed by atoms with Gasteiger partial charge < -0.3 is 9.33 Å². The van der Waals surface area contributed by atoms with Crippen molar-refractivity contribution in [2.24, 2.45) is 22.2 Å². The lowest BCUT2D eigenvalue weighted by molar-refractivity contribution is -0.146. The molecular weight excluding hydrogens is 338 g/mol. The van der Waals surface area contributed by atoms with Crippen molar-refractivity contribution >= 4 is 14.9 Å². The third kappa shape index (κ3) is 3.30. The normalized spacial score (nSPS) is 38.3. The lowest BCUT2D eigenvalue weighted by Crippen LogP contribution is -2.57. The van der Waals surface area contributed by atoms with Gasteiger partial charge in [0, 0.05) is 18.0 Å². The van der Waals surface area contributed by atoms with E-state index in [1.54, 1.807) is 0 Å². The molecule has 1 aliphatic heterocycles. The van der Waals surface area contributed by atoms with E-state index in [-0.39, 0.29) is 28.4 Å². The van der Waals surface area contributed by atoms with Crippen molar-refractivity contribution in [2.45, 2.75) is 105 Å². The van der Waals surface area contributed by atoms with Crippen LogP contribution in [0.1, 0.15) is 80.1 Å². The van der Waals surface area contributed by atoms with E-state index in [1.807, 2.05) is 0 Å². The van der Waals surface area contributed by atoms with Gasteiger partial charge in [-0.3, -0.25) is 4.79 Å². The van der Waals surface area contributed by atoms with E-state index in [0.29, 0.717) is 11.3 Å². The maximum Gasteiger partial charge on any atom is 0.229 e. The Labute approximate surface area is 163 Å². The van der Waals surface area contributed by atoms with Crippen molar-refractivity contribution in [2.75, 3.05) is 6.54 Å². The largest absolute Gasteiger partial charge is 0.417 e. The first kappa shape index (κ1) is 20.4. The molecule has 0 aromatic rings. The Morgan fingerprint density at radius 2 is 1.54 bits per heavy atom. The molecule has 3 nitrogen and oxygen atoms in total. The molecule has 3 aliphatic carbocycles. The van der Waals surface area contributed by atoms with Crippen LogP contribution in [-0.2, 0) is 9.22 Å². The Morgan fingerprint density at radius 1 is 1.04 bits per heavy atom. The van der Waals surface area contributed by atoms with Gasteiger partial charge in [-0.05, 0) is 62.4 Å². The second-order valence-corrected chi connectivity index (χ2v) is 14.1. The number of rotatable bonds is 4. The van der Waals surface area contributed by atoms with Crippen LogP contribution in [0, 0.1) is 22.2 Å². The third-order valence-corrected chi connectivity index (χ3v) is 8.73. The van der Waals surface area contributed by atoms with Gasteiger partial charge in [0.1, 0.15) is 0 Å². The molecule has 4 rings (SSSR count). The zero-order valence-electron chi connectivity index (χ0n) is 18.4. The number of nitrogens with zero attached hydrogens (tertiary/aromatic N) is 1. The lowest BCUT2D eigenvalue weighted by atomic mass is 9.57. The second kappa shape index (κ2) is 6.33. The van der Waals surface area contributed by atoms with Crippen LogP contribution in [-0.4, -0.2) is 38.0 Å². The summed E-state index contributed by atoms with van der Waals surface area (Å²) in [5.74, 6) is 0.672. The predicted molar refractivity (Wildman–Crippen MR) is 111 cm³/mol. The van der Waals surface area contributed by atoms with Crippen molar-refractivity contribution in [1.82, 2.24) is 4.90 Å². The van der Waals surface area contributed by atoms with Crippen molar-refractivity contribution in [3.05, 3.63) is 0 Å². The fraction of sp³-hybridized carbons (Fsp3) is 0.955. The van der Waals surface area contributed by atoms with Crippen molar-refractivity contribution in [3.63, 3.8) is 0 Å². The predicted octanol–water partition coefficient (Wildman–Crippen LogP) is 5.00. The first-order chi connectivity index (χ1) is 11.8. The monoisotopic (exact) mass is 379 g/mol. The van der Waals surface area contributed by atoms with Crippen LogP contribution in [0.25, 0.3) is 0 Å². The average Bonchev–Trinajstić information content (AvgIpc) is 2.76. The van der Waals surface area contributed by atoms with Crippen LogP contribution in [0.5, 0.6) is 0 Å². The number of hydrogen-bond donors (Lipinski definition) is 0. The Bertz CT molecular complexity index is 538. The molecule has 0 radical (unpaired) electrons. The van der Waals surface area contributed by atoms with Gasteiger partial charge in [-0.25, -0.2) is 0 Å². The highest BCUT2D eigenvalue weighted by molar-refractivity contribution is 6.48. The zero-order valence-corrected chi connectivity index (χ0v) is 19.6. The van der Waals surface area contributed by atoms with Crippen molar-refractivity contribution in [1.29, 1.82) is 0 Å². The van der Waals surface area contributed by atoms with E-state index in [2.05, 4.69) is 59.5 Å². The molecule has 26 heavy (non-hydrogen) atoms. The highest BCUT2D eigenvalue weighted by Gasteiger charge is 2.60. The second-order valence-electron chi connectivity index (χ2n) is 11.8. The molecule has 2 unspecified atom stereocenters. The number of carbonyl (C=O) groups is 1. The highest BCUT2D eigenvalue weighted by Crippen LogP contribution is 2.57. The van der Waals surface area contributed by atoms with Gasteiger partial charge in [0.25, 0.3) is 0 Å². The molecule has 0 N–H and O–H groups in total. The summed E-state index contributed by atoms with van der Waals surface area (Å²) in [7, 11) is -1.17. The van der Waals surface area contributed by atoms with E-state index >= 15 is 0 Å². The molecule has 150 valence electrons. The van der Waals surface area contributed by atoms with Crippen molar-refractivity contribution in [3.8, 4) is 0 Å². The molecule has 0 aromatic heterocycles. The molecule has 3 saturated carbocycles. The fourth-order valence-electron chi connectivity index (χ4n) is 5.85. The van der Waals surface area contributed by atoms with Crippen molar-refractivity contribution < 1.29 is 9.22 Å². The van der Waals surface area contributed by atoms with Crippen LogP contribution in [0.3, 0.4) is 0 Å². The van der Waals surface area contributed by atoms with E-state index in [1.165, 1.54) is 38.5 Å². The summed E-state index contributed by atoms with van der Waals surface area (Å²) in [6, 6.07) is 0. The van der Waals surface area contributed by atoms with Crippen LogP contribution in [0.2, 0.25) is 13.1 Å². The molecule has 0 aromatic carbocycles. The minimum Gasteiger partial charge on any atom is -0.417 e. The molecule has 4 heteroatoms. The van der Waals surface area contributed by atoms with Crippen LogP contribution in [0.15, 0.2) is 0 Å². The summed E-state index contributed by atoms with van der Waals surface area (Å²) >= 11 is 0. The average molecular weight is 380 g/mol. The SMILES string of the molecule is C[SiH](C)OC(C1CN(C23CCC(C)(CC2)CC3)C(=O)C1(C)C)C(C)(C)C. The molecule has 4 fully saturated rings. The molecule has 1 saturated heterocycles. The highest BCUT2D eigenvalue weighted by atomic mass is 28.3. The molecule has 2 bridgehead atoms. The van der Waals surface area contributed by atoms with Gasteiger partial charge in [0.2, 0.25) is 5.91 Å². The first-order valence-corrected chi connectivity index (χ1v) is 13.6. The van der Waals surface area contributed by atoms with Gasteiger partial charge in [0.15, 0.2) is 9.04 Å². The molecule has 1 heterocycles. The summed E-state index contributed by atoms with van der Waals surface area (Å²) in [6.45, 7) is 19.0. The summed E-state index contributed by atoms with van der Waals surface area (Å²) in [5, 5.41) is 0. The van der Waals surface area contributed by atoms with Gasteiger partial charge in [-0.15, -0.1) is 0 Å². The maximum absolute atomic E-state index is 13.6. The molecule has 4 aliphatic rings. The van der Waals surface area contributed by atoms with Gasteiger partial charge in [0.05, 0.1) is 11.5 Å². The molecule has 0 spiro atoms. The summed E-state index contributed by atoms with van der Waals surface area (Å²) in [5.41, 5.74) is 0.414. The zero-order chi connectivity index (χ0) is 19.5. The Balaban J connectivity index is 1.89. The first-order valence-electron chi connectivity index (χ1n) is 10.8. The quantitative estimate of drug-likeness (QED) is 0.643. The molecule has 1 amide bonds. The maximum atomic E-state index is 13.6. The van der Waals surface area contributed by atoms with Gasteiger partial charge in [-0.1, -0.05) is 41.5 Å². The Hall–Kier alpha value is -0.353. The minimum absolute atomic E-state index is 0.0604. The molecular formula is C22H41NO2Si. The summed E-state index contributed by atoms with van der Waals surface area (Å²) < 4.78 is 6.57. The number of hydrogen-bond acceptors (Lipinski definition) is 2. The molecule has 2 atom stereocenters. The smallest absolute Gasteiger partial charge is 0.229 e. The topological polar surface area (TPSA) is 29.5 Å². The fourth-order valence-corrected chi connectivity index (χ4v) is 7.04. The van der Waals surface area contributed by atoms with E-state index < -0.39 is 9.04 Å². The Kier molecular flexibility index (Phi) is 4.97. The van der Waals surface area contributed by atoms with Crippen LogP contribution >= 0.6 is 0 Å². The third-order valence-electron chi connectivity index (χ3n) is 7.89. The number of amides is 1. The van der Waals surface area contributed by atoms with E-state index in [9.17, 15) is 4.79 Å². The van der Waals surface area contributed by atoms with Gasteiger partial charge >= 0.3 is 0 Å². The number of likely N-dealkylation sites (tertiary alicyclic amines) is 1. The summed E-state index contributed by atoms with van der Waals surface area (Å²) in [4.78, 5) is 15.9. The summed E-state index contributed by atoms with van der Waals surface area (Å²) in [6.07, 6.45) is 7.65. The van der Waals surface area contributed by atoms with E-state index in [4.69, 9.17) is 4.43 Å².